The molecule has 3 heteroatoms. The zero-order valence-electron chi connectivity index (χ0n) is 8.92. The first kappa shape index (κ1) is 12.4. The molecule has 13 heavy (non-hydrogen) atoms. The molecule has 3 nitrogen and oxygen atoms in total. The third-order valence-corrected chi connectivity index (χ3v) is 2.22. The van der Waals surface area contributed by atoms with Gasteiger partial charge in [0.05, 0.1) is 0 Å². The topological polar surface area (TPSA) is 40.5 Å². The normalized spacial score (nSPS) is 11.2. The first-order valence-electron chi connectivity index (χ1n) is 5.03. The van der Waals surface area contributed by atoms with Gasteiger partial charge >= 0.3 is 5.97 Å². The van der Waals surface area contributed by atoms with Crippen LogP contribution in [0.15, 0.2) is 0 Å². The highest BCUT2D eigenvalue weighted by molar-refractivity contribution is 5.66. The predicted octanol–water partition coefficient (Wildman–Crippen LogP) is 1.97. The Hall–Kier alpha value is -0.570. The fourth-order valence-corrected chi connectivity index (χ4v) is 1.37. The Kier molecular flexibility index (Phi) is 6.59. The number of carbonyl (C=O) groups is 1. The van der Waals surface area contributed by atoms with E-state index >= 15 is 0 Å². The number of unbranched alkanes of at least 4 members (excludes halogenated alkanes) is 1. The number of rotatable bonds is 7. The van der Waals surface area contributed by atoms with Crippen molar-refractivity contribution in [3.63, 3.8) is 0 Å². The zero-order chi connectivity index (χ0) is 10.3. The lowest BCUT2D eigenvalue weighted by molar-refractivity contribution is -0.137. The zero-order valence-corrected chi connectivity index (χ0v) is 8.92. The lowest BCUT2D eigenvalue weighted by atomic mass is 10.2. The summed E-state index contributed by atoms with van der Waals surface area (Å²) < 4.78 is 0. The van der Waals surface area contributed by atoms with Gasteiger partial charge in [0.2, 0.25) is 0 Å². The van der Waals surface area contributed by atoms with E-state index in [-0.39, 0.29) is 0 Å². The first-order chi connectivity index (χ1) is 6.07. The molecule has 0 aliphatic carbocycles. The van der Waals surface area contributed by atoms with Crippen LogP contribution in [0, 0.1) is 0 Å². The van der Waals surface area contributed by atoms with E-state index < -0.39 is 5.97 Å². The Morgan fingerprint density at radius 2 is 2.00 bits per heavy atom. The second-order valence-corrected chi connectivity index (χ2v) is 3.57. The Balaban J connectivity index is 3.44. The Morgan fingerprint density at radius 3 is 2.38 bits per heavy atom. The molecule has 0 fully saturated rings. The SMILES string of the molecule is CCN(CCCCC(=O)O)C(C)C. The molecule has 0 saturated heterocycles. The van der Waals surface area contributed by atoms with Crippen LogP contribution in [-0.4, -0.2) is 35.1 Å². The molecule has 0 saturated carbocycles. The minimum absolute atomic E-state index is 0.301. The van der Waals surface area contributed by atoms with E-state index in [2.05, 4.69) is 25.7 Å². The lowest BCUT2D eigenvalue weighted by Gasteiger charge is -2.24. The van der Waals surface area contributed by atoms with Gasteiger partial charge in [-0.1, -0.05) is 6.92 Å². The molecule has 0 aromatic carbocycles. The van der Waals surface area contributed by atoms with E-state index in [9.17, 15) is 4.79 Å². The largest absolute Gasteiger partial charge is 0.481 e. The van der Waals surface area contributed by atoms with Crippen LogP contribution in [0.2, 0.25) is 0 Å². The second-order valence-electron chi connectivity index (χ2n) is 3.57. The van der Waals surface area contributed by atoms with Crippen LogP contribution in [0.5, 0.6) is 0 Å². The number of nitrogens with zero attached hydrogens (tertiary/aromatic N) is 1. The average Bonchev–Trinajstić information content (AvgIpc) is 2.03. The summed E-state index contributed by atoms with van der Waals surface area (Å²) in [5.41, 5.74) is 0. The van der Waals surface area contributed by atoms with Crippen molar-refractivity contribution >= 4 is 5.97 Å². The average molecular weight is 187 g/mol. The highest BCUT2D eigenvalue weighted by Gasteiger charge is 2.06. The Labute approximate surface area is 80.7 Å². The number of hydrogen-bond acceptors (Lipinski definition) is 2. The van der Waals surface area contributed by atoms with Gasteiger partial charge in [-0.3, -0.25) is 4.79 Å². The maximum atomic E-state index is 10.2. The van der Waals surface area contributed by atoms with Crippen molar-refractivity contribution < 1.29 is 9.90 Å². The van der Waals surface area contributed by atoms with Crippen LogP contribution in [-0.2, 0) is 4.79 Å². The van der Waals surface area contributed by atoms with Gasteiger partial charge in [0.1, 0.15) is 0 Å². The van der Waals surface area contributed by atoms with Crippen LogP contribution in [0.3, 0.4) is 0 Å². The maximum absolute atomic E-state index is 10.2. The molecule has 0 heterocycles. The molecule has 0 radical (unpaired) electrons. The van der Waals surface area contributed by atoms with Gasteiger partial charge in [0.25, 0.3) is 0 Å². The van der Waals surface area contributed by atoms with E-state index in [1.165, 1.54) is 0 Å². The number of aliphatic carboxylic acids is 1. The lowest BCUT2D eigenvalue weighted by Crippen LogP contribution is -2.31. The molecular formula is C10H21NO2. The first-order valence-corrected chi connectivity index (χ1v) is 5.03. The molecule has 0 aromatic rings. The van der Waals surface area contributed by atoms with Crippen LogP contribution in [0.4, 0.5) is 0 Å². The van der Waals surface area contributed by atoms with Crippen molar-refractivity contribution in [2.75, 3.05) is 13.1 Å². The molecule has 78 valence electrons. The summed E-state index contributed by atoms with van der Waals surface area (Å²) in [7, 11) is 0. The van der Waals surface area contributed by atoms with Crippen molar-refractivity contribution in [3.8, 4) is 0 Å². The fourth-order valence-electron chi connectivity index (χ4n) is 1.37. The smallest absolute Gasteiger partial charge is 0.303 e. The molecule has 0 amide bonds. The van der Waals surface area contributed by atoms with E-state index in [4.69, 9.17) is 5.11 Å². The van der Waals surface area contributed by atoms with Crippen LogP contribution >= 0.6 is 0 Å². The predicted molar refractivity (Wildman–Crippen MR) is 53.9 cm³/mol. The summed E-state index contributed by atoms with van der Waals surface area (Å²) in [5.74, 6) is -0.687. The maximum Gasteiger partial charge on any atom is 0.303 e. The van der Waals surface area contributed by atoms with Crippen molar-refractivity contribution in [1.29, 1.82) is 0 Å². The fraction of sp³-hybridized carbons (Fsp3) is 0.900. The molecule has 0 bridgehead atoms. The second kappa shape index (κ2) is 6.89. The van der Waals surface area contributed by atoms with Gasteiger partial charge in [-0.25, -0.2) is 0 Å². The highest BCUT2D eigenvalue weighted by Crippen LogP contribution is 2.02. The molecule has 1 N–H and O–H groups in total. The molecule has 0 aliphatic rings. The summed E-state index contributed by atoms with van der Waals surface area (Å²) >= 11 is 0. The number of hydrogen-bond donors (Lipinski definition) is 1. The van der Waals surface area contributed by atoms with E-state index in [0.717, 1.165) is 25.9 Å². The van der Waals surface area contributed by atoms with E-state index in [1.54, 1.807) is 0 Å². The summed E-state index contributed by atoms with van der Waals surface area (Å²) in [4.78, 5) is 12.6. The molecule has 0 atom stereocenters. The summed E-state index contributed by atoms with van der Waals surface area (Å²) in [5, 5.41) is 8.43. The third kappa shape index (κ3) is 6.58. The van der Waals surface area contributed by atoms with Gasteiger partial charge in [0.15, 0.2) is 0 Å². The molecule has 0 unspecified atom stereocenters. The van der Waals surface area contributed by atoms with Crippen LogP contribution in [0.25, 0.3) is 0 Å². The van der Waals surface area contributed by atoms with Gasteiger partial charge in [-0.15, -0.1) is 0 Å². The summed E-state index contributed by atoms with van der Waals surface area (Å²) in [6.07, 6.45) is 2.08. The summed E-state index contributed by atoms with van der Waals surface area (Å²) in [6, 6.07) is 0.565. The van der Waals surface area contributed by atoms with Crippen LogP contribution in [0.1, 0.15) is 40.0 Å². The van der Waals surface area contributed by atoms with Gasteiger partial charge in [0, 0.05) is 12.5 Å². The minimum Gasteiger partial charge on any atom is -0.481 e. The summed E-state index contributed by atoms with van der Waals surface area (Å²) in [6.45, 7) is 8.53. The van der Waals surface area contributed by atoms with E-state index in [1.807, 2.05) is 0 Å². The van der Waals surface area contributed by atoms with Gasteiger partial charge < -0.3 is 10.0 Å². The van der Waals surface area contributed by atoms with Crippen molar-refractivity contribution in [3.05, 3.63) is 0 Å². The minimum atomic E-state index is -0.687. The standard InChI is InChI=1S/C10H21NO2/c1-4-11(9(2)3)8-6-5-7-10(12)13/h9H,4-8H2,1-3H3,(H,12,13). The highest BCUT2D eigenvalue weighted by atomic mass is 16.4. The molecule has 0 aromatic heterocycles. The molecule has 0 spiro atoms. The third-order valence-electron chi connectivity index (χ3n) is 2.22. The molecule has 0 rings (SSSR count). The van der Waals surface area contributed by atoms with Gasteiger partial charge in [-0.2, -0.15) is 0 Å². The Bertz CT molecular complexity index is 146. The van der Waals surface area contributed by atoms with Crippen molar-refractivity contribution in [2.45, 2.75) is 46.1 Å². The monoisotopic (exact) mass is 187 g/mol. The van der Waals surface area contributed by atoms with Crippen molar-refractivity contribution in [1.82, 2.24) is 4.90 Å². The van der Waals surface area contributed by atoms with E-state index in [0.29, 0.717) is 12.5 Å². The Morgan fingerprint density at radius 1 is 1.38 bits per heavy atom. The molecular weight excluding hydrogens is 166 g/mol. The van der Waals surface area contributed by atoms with Crippen molar-refractivity contribution in [2.24, 2.45) is 0 Å². The number of carboxylic acids is 1. The van der Waals surface area contributed by atoms with Gasteiger partial charge in [-0.05, 0) is 39.8 Å². The molecule has 0 aliphatic heterocycles. The van der Waals surface area contributed by atoms with Crippen LogP contribution < -0.4 is 0 Å². The quantitative estimate of drug-likeness (QED) is 0.619. The number of carboxylic acid groups (broad SMARTS) is 1.